The highest BCUT2D eigenvalue weighted by Gasteiger charge is 2.32. The lowest BCUT2D eigenvalue weighted by Crippen LogP contribution is -2.24. The number of halogens is 3. The molecule has 1 saturated heterocycles. The number of ether oxygens (including phenoxy) is 1. The molecule has 3 rings (SSSR count). The standard InChI is InChI=1S/C20H18F3N3O2/c21-20(22,23)15-7-8-17(26-9-3-4-10-26)16(11-15)25-19(27)13-28-18-6-2-1-5-14(18)12-24/h1-2,5-8,11H,3-4,9-10,13H2,(H,25,27). The van der Waals surface area contributed by atoms with Crippen molar-refractivity contribution in [3.05, 3.63) is 53.6 Å². The minimum Gasteiger partial charge on any atom is -0.482 e. The number of para-hydroxylation sites is 1. The molecule has 8 heteroatoms. The lowest BCUT2D eigenvalue weighted by atomic mass is 10.1. The minimum absolute atomic E-state index is 0.0962. The summed E-state index contributed by atoms with van der Waals surface area (Å²) >= 11 is 0. The van der Waals surface area contributed by atoms with E-state index in [1.807, 2.05) is 11.0 Å². The Morgan fingerprint density at radius 1 is 1.18 bits per heavy atom. The lowest BCUT2D eigenvalue weighted by Gasteiger charge is -2.23. The van der Waals surface area contributed by atoms with E-state index >= 15 is 0 Å². The lowest BCUT2D eigenvalue weighted by molar-refractivity contribution is -0.137. The number of nitrogens with one attached hydrogen (secondary N) is 1. The first-order valence-corrected chi connectivity index (χ1v) is 8.76. The van der Waals surface area contributed by atoms with Crippen LogP contribution in [0, 0.1) is 11.3 Å². The highest BCUT2D eigenvalue weighted by Crippen LogP contribution is 2.36. The Morgan fingerprint density at radius 3 is 2.57 bits per heavy atom. The van der Waals surface area contributed by atoms with Crippen LogP contribution in [-0.2, 0) is 11.0 Å². The van der Waals surface area contributed by atoms with Crippen LogP contribution in [0.25, 0.3) is 0 Å². The Bertz CT molecular complexity index is 900. The molecule has 0 atom stereocenters. The van der Waals surface area contributed by atoms with Gasteiger partial charge in [-0.3, -0.25) is 4.79 Å². The Labute approximate surface area is 160 Å². The van der Waals surface area contributed by atoms with Crippen molar-refractivity contribution in [2.75, 3.05) is 29.9 Å². The van der Waals surface area contributed by atoms with E-state index in [9.17, 15) is 18.0 Å². The summed E-state index contributed by atoms with van der Waals surface area (Å²) in [5, 5.41) is 11.6. The van der Waals surface area contributed by atoms with Crippen molar-refractivity contribution in [3.63, 3.8) is 0 Å². The van der Waals surface area contributed by atoms with Gasteiger partial charge in [-0.25, -0.2) is 0 Å². The molecule has 0 unspecified atom stereocenters. The maximum Gasteiger partial charge on any atom is 0.416 e. The smallest absolute Gasteiger partial charge is 0.416 e. The first-order chi connectivity index (χ1) is 13.4. The average molecular weight is 389 g/mol. The fraction of sp³-hybridized carbons (Fsp3) is 0.300. The van der Waals surface area contributed by atoms with Crippen LogP contribution in [0.5, 0.6) is 5.75 Å². The van der Waals surface area contributed by atoms with Gasteiger partial charge in [-0.05, 0) is 43.2 Å². The molecule has 2 aromatic rings. The highest BCUT2D eigenvalue weighted by atomic mass is 19.4. The molecular formula is C20H18F3N3O2. The zero-order valence-electron chi connectivity index (χ0n) is 14.9. The number of rotatable bonds is 5. The van der Waals surface area contributed by atoms with Crippen molar-refractivity contribution in [1.29, 1.82) is 5.26 Å². The van der Waals surface area contributed by atoms with Crippen LogP contribution >= 0.6 is 0 Å². The van der Waals surface area contributed by atoms with Gasteiger partial charge in [0.25, 0.3) is 5.91 Å². The van der Waals surface area contributed by atoms with Crippen molar-refractivity contribution < 1.29 is 22.7 Å². The number of hydrogen-bond acceptors (Lipinski definition) is 4. The van der Waals surface area contributed by atoms with Gasteiger partial charge < -0.3 is 15.0 Å². The number of amides is 1. The monoisotopic (exact) mass is 389 g/mol. The number of alkyl halides is 3. The maximum absolute atomic E-state index is 13.1. The first kappa shape index (κ1) is 19.5. The quantitative estimate of drug-likeness (QED) is 0.833. The van der Waals surface area contributed by atoms with Crippen LogP contribution in [0.1, 0.15) is 24.0 Å². The molecule has 5 nitrogen and oxygen atoms in total. The van der Waals surface area contributed by atoms with Crippen molar-refractivity contribution in [2.24, 2.45) is 0 Å². The third kappa shape index (κ3) is 4.55. The molecule has 0 aromatic heterocycles. The van der Waals surface area contributed by atoms with Crippen LogP contribution in [0.3, 0.4) is 0 Å². The highest BCUT2D eigenvalue weighted by molar-refractivity contribution is 5.95. The summed E-state index contributed by atoms with van der Waals surface area (Å²) in [6, 6.07) is 11.7. The topological polar surface area (TPSA) is 65.4 Å². The van der Waals surface area contributed by atoms with Crippen LogP contribution < -0.4 is 15.0 Å². The zero-order valence-corrected chi connectivity index (χ0v) is 14.9. The van der Waals surface area contributed by atoms with E-state index in [4.69, 9.17) is 10.00 Å². The molecule has 1 aliphatic heterocycles. The fourth-order valence-electron chi connectivity index (χ4n) is 3.06. The molecule has 28 heavy (non-hydrogen) atoms. The number of benzene rings is 2. The summed E-state index contributed by atoms with van der Waals surface area (Å²) < 4.78 is 44.6. The van der Waals surface area contributed by atoms with E-state index in [0.717, 1.165) is 38.1 Å². The Morgan fingerprint density at radius 2 is 1.89 bits per heavy atom. The molecule has 0 spiro atoms. The first-order valence-electron chi connectivity index (χ1n) is 8.76. The molecule has 0 radical (unpaired) electrons. The Kier molecular flexibility index (Phi) is 5.73. The molecule has 1 aliphatic rings. The minimum atomic E-state index is -4.51. The summed E-state index contributed by atoms with van der Waals surface area (Å²) in [5.74, 6) is -0.364. The normalized spacial score (nSPS) is 13.9. The predicted octanol–water partition coefficient (Wildman–Crippen LogP) is 4.19. The largest absolute Gasteiger partial charge is 0.482 e. The third-order valence-electron chi connectivity index (χ3n) is 4.41. The van der Waals surface area contributed by atoms with Crippen LogP contribution in [0.4, 0.5) is 24.5 Å². The SMILES string of the molecule is N#Cc1ccccc1OCC(=O)Nc1cc(C(F)(F)F)ccc1N1CCCC1. The second-order valence-corrected chi connectivity index (χ2v) is 6.37. The zero-order chi connectivity index (χ0) is 20.1. The third-order valence-corrected chi connectivity index (χ3v) is 4.41. The van der Waals surface area contributed by atoms with Gasteiger partial charge in [0.05, 0.1) is 22.5 Å². The van der Waals surface area contributed by atoms with E-state index in [1.165, 1.54) is 6.07 Å². The van der Waals surface area contributed by atoms with Crippen LogP contribution in [-0.4, -0.2) is 25.6 Å². The number of hydrogen-bond donors (Lipinski definition) is 1. The molecular weight excluding hydrogens is 371 g/mol. The van der Waals surface area contributed by atoms with Crippen molar-refractivity contribution in [1.82, 2.24) is 0 Å². The predicted molar refractivity (Wildman–Crippen MR) is 98.2 cm³/mol. The summed E-state index contributed by atoms with van der Waals surface area (Å²) in [7, 11) is 0. The van der Waals surface area contributed by atoms with E-state index in [2.05, 4.69) is 5.32 Å². The van der Waals surface area contributed by atoms with E-state index in [-0.39, 0.29) is 17.0 Å². The molecule has 2 aromatic carbocycles. The molecule has 0 aliphatic carbocycles. The van der Waals surface area contributed by atoms with Gasteiger partial charge in [0.15, 0.2) is 6.61 Å². The van der Waals surface area contributed by atoms with Gasteiger partial charge in [0.2, 0.25) is 0 Å². The Hall–Kier alpha value is -3.21. The molecule has 1 fully saturated rings. The maximum atomic E-state index is 13.1. The molecule has 1 heterocycles. The summed E-state index contributed by atoms with van der Waals surface area (Å²) in [5.41, 5.74) is 0.0868. The number of nitrogens with zero attached hydrogens (tertiary/aromatic N) is 2. The average Bonchev–Trinajstić information content (AvgIpc) is 3.20. The van der Waals surface area contributed by atoms with Crippen LogP contribution in [0.15, 0.2) is 42.5 Å². The molecule has 1 N–H and O–H groups in total. The van der Waals surface area contributed by atoms with Gasteiger partial charge in [-0.1, -0.05) is 12.1 Å². The summed E-state index contributed by atoms with van der Waals surface area (Å²) in [6.45, 7) is 1.02. The second kappa shape index (κ2) is 8.21. The van der Waals surface area contributed by atoms with Gasteiger partial charge in [0.1, 0.15) is 11.8 Å². The number of anilines is 2. The van der Waals surface area contributed by atoms with Crippen molar-refractivity contribution in [3.8, 4) is 11.8 Å². The Balaban J connectivity index is 1.77. The van der Waals surface area contributed by atoms with E-state index < -0.39 is 24.3 Å². The van der Waals surface area contributed by atoms with E-state index in [1.54, 1.807) is 24.3 Å². The van der Waals surface area contributed by atoms with Gasteiger partial charge >= 0.3 is 6.18 Å². The number of carbonyl (C=O) groups is 1. The van der Waals surface area contributed by atoms with Gasteiger partial charge in [-0.2, -0.15) is 18.4 Å². The molecule has 146 valence electrons. The van der Waals surface area contributed by atoms with Crippen molar-refractivity contribution in [2.45, 2.75) is 19.0 Å². The fourth-order valence-corrected chi connectivity index (χ4v) is 3.06. The number of nitriles is 1. The summed E-state index contributed by atoms with van der Waals surface area (Å²) in [6.07, 6.45) is -2.61. The van der Waals surface area contributed by atoms with Gasteiger partial charge in [0, 0.05) is 13.1 Å². The van der Waals surface area contributed by atoms with Gasteiger partial charge in [-0.15, -0.1) is 0 Å². The van der Waals surface area contributed by atoms with Crippen LogP contribution in [0.2, 0.25) is 0 Å². The molecule has 0 saturated carbocycles. The second-order valence-electron chi connectivity index (χ2n) is 6.37. The molecule has 0 bridgehead atoms. The summed E-state index contributed by atoms with van der Waals surface area (Å²) in [4.78, 5) is 14.2. The molecule has 1 amide bonds. The number of carbonyl (C=O) groups excluding carboxylic acids is 1. The van der Waals surface area contributed by atoms with E-state index in [0.29, 0.717) is 5.69 Å². The van der Waals surface area contributed by atoms with Crippen molar-refractivity contribution >= 4 is 17.3 Å².